The number of rotatable bonds is 4. The van der Waals surface area contributed by atoms with E-state index in [-0.39, 0.29) is 23.4 Å². The molecule has 23 heavy (non-hydrogen) atoms. The summed E-state index contributed by atoms with van der Waals surface area (Å²) in [4.78, 5) is 12.4. The second-order valence-electron chi connectivity index (χ2n) is 7.73. The van der Waals surface area contributed by atoms with Crippen molar-refractivity contribution in [2.75, 3.05) is 0 Å². The lowest BCUT2D eigenvalue weighted by Crippen LogP contribution is -2.64. The minimum absolute atomic E-state index is 0.0591. The lowest BCUT2D eigenvalue weighted by molar-refractivity contribution is -0.354. The van der Waals surface area contributed by atoms with Gasteiger partial charge in [-0.3, -0.25) is 4.79 Å². The summed E-state index contributed by atoms with van der Waals surface area (Å²) in [6, 6.07) is 2.18. The molecule has 1 N–H and O–H groups in total. The molecule has 1 saturated heterocycles. The molecule has 4 heteroatoms. The van der Waals surface area contributed by atoms with Crippen molar-refractivity contribution in [3.63, 3.8) is 0 Å². The molecule has 0 amide bonds. The number of carbonyl (C=O) groups excluding carboxylic acids is 1. The van der Waals surface area contributed by atoms with Gasteiger partial charge in [0.2, 0.25) is 0 Å². The van der Waals surface area contributed by atoms with Gasteiger partial charge in [-0.15, -0.1) is 0 Å². The Kier molecular flexibility index (Phi) is 4.80. The van der Waals surface area contributed by atoms with Crippen LogP contribution in [0.15, 0.2) is 0 Å². The van der Waals surface area contributed by atoms with Gasteiger partial charge < -0.3 is 9.84 Å². The highest BCUT2D eigenvalue weighted by molar-refractivity contribution is 5.82. The number of carbonyl (C=O) groups is 1. The summed E-state index contributed by atoms with van der Waals surface area (Å²) >= 11 is 0. The van der Waals surface area contributed by atoms with Crippen LogP contribution in [0.1, 0.15) is 77.6 Å². The van der Waals surface area contributed by atoms with Crippen LogP contribution in [-0.2, 0) is 9.53 Å². The third kappa shape index (κ3) is 2.72. The molecular formula is C19H29NO3. The fourth-order valence-corrected chi connectivity index (χ4v) is 5.66. The maximum atomic E-state index is 12.4. The lowest BCUT2D eigenvalue weighted by atomic mass is 9.51. The minimum atomic E-state index is -1.07. The summed E-state index contributed by atoms with van der Waals surface area (Å²) in [5.41, 5.74) is -0.252. The zero-order valence-electron chi connectivity index (χ0n) is 14.2. The van der Waals surface area contributed by atoms with Crippen molar-refractivity contribution in [3.8, 4) is 6.07 Å². The zero-order valence-corrected chi connectivity index (χ0v) is 14.2. The summed E-state index contributed by atoms with van der Waals surface area (Å²) in [6.45, 7) is 2.14. The molecule has 1 heterocycles. The number of ketones is 1. The number of nitrogens with zero attached hydrogens (tertiary/aromatic N) is 1. The fraction of sp³-hybridized carbons (Fsp3) is 0.895. The molecule has 0 spiro atoms. The first-order valence-corrected chi connectivity index (χ1v) is 9.36. The van der Waals surface area contributed by atoms with E-state index in [0.29, 0.717) is 18.6 Å². The van der Waals surface area contributed by atoms with E-state index >= 15 is 0 Å². The van der Waals surface area contributed by atoms with Crippen LogP contribution >= 0.6 is 0 Å². The van der Waals surface area contributed by atoms with E-state index in [1.807, 2.05) is 0 Å². The predicted molar refractivity (Wildman–Crippen MR) is 86.3 cm³/mol. The topological polar surface area (TPSA) is 70.3 Å². The molecule has 0 bridgehead atoms. The van der Waals surface area contributed by atoms with Crippen LogP contribution in [0.25, 0.3) is 0 Å². The number of hydrogen-bond acceptors (Lipinski definition) is 4. The molecule has 3 aliphatic rings. The summed E-state index contributed by atoms with van der Waals surface area (Å²) in [6.07, 6.45) is 9.15. The van der Waals surface area contributed by atoms with Gasteiger partial charge >= 0.3 is 0 Å². The van der Waals surface area contributed by atoms with Gasteiger partial charge in [0.05, 0.1) is 12.2 Å². The van der Waals surface area contributed by atoms with Crippen molar-refractivity contribution < 1.29 is 14.6 Å². The Hall–Kier alpha value is -0.920. The Morgan fingerprint density at radius 2 is 2.17 bits per heavy atom. The van der Waals surface area contributed by atoms with Crippen molar-refractivity contribution in [1.29, 1.82) is 5.26 Å². The largest absolute Gasteiger partial charge is 0.365 e. The van der Waals surface area contributed by atoms with Gasteiger partial charge in [-0.1, -0.05) is 6.92 Å². The first kappa shape index (κ1) is 16.9. The summed E-state index contributed by atoms with van der Waals surface area (Å²) < 4.78 is 6.24. The van der Waals surface area contributed by atoms with Crippen LogP contribution in [0, 0.1) is 28.6 Å². The molecule has 128 valence electrons. The van der Waals surface area contributed by atoms with Gasteiger partial charge in [-0.25, -0.2) is 0 Å². The number of ether oxygens (including phenoxy) is 1. The van der Waals surface area contributed by atoms with Crippen LogP contribution in [0.5, 0.6) is 0 Å². The molecule has 2 aliphatic carbocycles. The average Bonchev–Trinajstić information content (AvgIpc) is 2.54. The second-order valence-corrected chi connectivity index (χ2v) is 7.73. The number of fused-ring (bicyclic) bond motifs is 3. The van der Waals surface area contributed by atoms with E-state index in [0.717, 1.165) is 57.8 Å². The highest BCUT2D eigenvalue weighted by atomic mass is 16.6. The Bertz CT molecular complexity index is 499. The van der Waals surface area contributed by atoms with E-state index in [1.54, 1.807) is 0 Å². The molecule has 3 fully saturated rings. The van der Waals surface area contributed by atoms with Crippen LogP contribution in [0.2, 0.25) is 0 Å². The second kappa shape index (κ2) is 6.53. The van der Waals surface area contributed by atoms with Crippen LogP contribution < -0.4 is 0 Å². The van der Waals surface area contributed by atoms with E-state index in [4.69, 9.17) is 10.00 Å². The van der Waals surface area contributed by atoms with Crippen LogP contribution in [-0.4, -0.2) is 22.8 Å². The summed E-state index contributed by atoms with van der Waals surface area (Å²) in [5.74, 6) is -0.238. The van der Waals surface area contributed by atoms with Crippen molar-refractivity contribution in [1.82, 2.24) is 0 Å². The quantitative estimate of drug-likeness (QED) is 0.802. The van der Waals surface area contributed by atoms with Gasteiger partial charge in [0, 0.05) is 30.6 Å². The highest BCUT2D eigenvalue weighted by Gasteiger charge is 2.63. The molecule has 3 rings (SSSR count). The van der Waals surface area contributed by atoms with Gasteiger partial charge in [0.25, 0.3) is 0 Å². The number of hydrogen-bond donors (Lipinski definition) is 1. The number of aliphatic hydroxyl groups is 1. The molecule has 0 aromatic rings. The van der Waals surface area contributed by atoms with Crippen LogP contribution in [0.4, 0.5) is 0 Å². The molecule has 5 atom stereocenters. The molecule has 2 saturated carbocycles. The maximum Gasteiger partial charge on any atom is 0.171 e. The summed E-state index contributed by atoms with van der Waals surface area (Å²) in [7, 11) is 0. The van der Waals surface area contributed by atoms with Crippen LogP contribution in [0.3, 0.4) is 0 Å². The number of nitriles is 1. The predicted octanol–water partition coefficient (Wildman–Crippen LogP) is 3.72. The maximum absolute atomic E-state index is 12.4. The Balaban J connectivity index is 1.79. The van der Waals surface area contributed by atoms with Gasteiger partial charge in [-0.2, -0.15) is 5.26 Å². The van der Waals surface area contributed by atoms with Gasteiger partial charge in [0.1, 0.15) is 5.78 Å². The molecule has 0 aromatic heterocycles. The first-order chi connectivity index (χ1) is 11.1. The van der Waals surface area contributed by atoms with Gasteiger partial charge in [-0.05, 0) is 57.3 Å². The Labute approximate surface area is 139 Å². The number of Topliss-reactive ketones (excluding diaryl/α,β-unsaturated/α-hetero) is 1. The SMILES string of the molecule is CCC12CCC(CCCC#N)OC1(O)CCC1C(=O)CCCC12. The van der Waals surface area contributed by atoms with Gasteiger partial charge in [0.15, 0.2) is 5.79 Å². The third-order valence-electron chi connectivity index (χ3n) is 6.84. The van der Waals surface area contributed by atoms with E-state index in [1.165, 1.54) is 0 Å². The van der Waals surface area contributed by atoms with Crippen molar-refractivity contribution in [2.45, 2.75) is 89.4 Å². The fourth-order valence-electron chi connectivity index (χ4n) is 5.66. The standard InChI is InChI=1S/C19H29NO3/c1-2-18-11-9-14(6-3-4-13-20)23-19(18,22)12-10-15-16(18)7-5-8-17(15)21/h14-16,22H,2-12H2,1H3. The first-order valence-electron chi connectivity index (χ1n) is 9.36. The highest BCUT2D eigenvalue weighted by Crippen LogP contribution is 2.61. The number of unbranched alkanes of at least 4 members (excludes halogenated alkanes) is 1. The molecule has 1 aliphatic heterocycles. The molecule has 0 radical (unpaired) electrons. The third-order valence-corrected chi connectivity index (χ3v) is 6.84. The Morgan fingerprint density at radius 3 is 2.91 bits per heavy atom. The normalized spacial score (nSPS) is 43.3. The molecule has 0 aromatic carbocycles. The smallest absolute Gasteiger partial charge is 0.171 e. The van der Waals surface area contributed by atoms with Crippen molar-refractivity contribution >= 4 is 5.78 Å². The zero-order chi connectivity index (χ0) is 16.5. The summed E-state index contributed by atoms with van der Waals surface area (Å²) in [5, 5.41) is 20.1. The Morgan fingerprint density at radius 1 is 1.35 bits per heavy atom. The van der Waals surface area contributed by atoms with Crippen molar-refractivity contribution in [3.05, 3.63) is 0 Å². The van der Waals surface area contributed by atoms with E-state index in [2.05, 4.69) is 13.0 Å². The van der Waals surface area contributed by atoms with E-state index in [9.17, 15) is 9.90 Å². The molecule has 4 nitrogen and oxygen atoms in total. The van der Waals surface area contributed by atoms with Crippen molar-refractivity contribution in [2.24, 2.45) is 17.3 Å². The minimum Gasteiger partial charge on any atom is -0.365 e. The van der Waals surface area contributed by atoms with E-state index < -0.39 is 5.79 Å². The lowest BCUT2D eigenvalue weighted by Gasteiger charge is -2.61. The average molecular weight is 319 g/mol. The molecular weight excluding hydrogens is 290 g/mol. The monoisotopic (exact) mass is 319 g/mol. The molecule has 5 unspecified atom stereocenters.